The molecular weight excluding hydrogens is 388 g/mol. The Kier molecular flexibility index (Phi) is 4.92. The number of imide groups is 1. The highest BCUT2D eigenvalue weighted by Crippen LogP contribution is 2.37. The number of anilines is 1. The summed E-state index contributed by atoms with van der Waals surface area (Å²) in [5.41, 5.74) is 3.67. The lowest BCUT2D eigenvalue weighted by Gasteiger charge is -2.44. The van der Waals surface area contributed by atoms with Gasteiger partial charge in [0.2, 0.25) is 0 Å². The van der Waals surface area contributed by atoms with Gasteiger partial charge in [0.15, 0.2) is 0 Å². The van der Waals surface area contributed by atoms with E-state index >= 15 is 0 Å². The summed E-state index contributed by atoms with van der Waals surface area (Å²) < 4.78 is 0. The van der Waals surface area contributed by atoms with Crippen molar-refractivity contribution in [1.29, 1.82) is 0 Å². The molecule has 2 unspecified atom stereocenters. The quantitative estimate of drug-likeness (QED) is 0.655. The topological polar surface area (TPSA) is 57.7 Å². The molecule has 2 aliphatic heterocycles. The Morgan fingerprint density at radius 3 is 2.45 bits per heavy atom. The number of carbonyl (C=O) groups is 3. The van der Waals surface area contributed by atoms with Crippen molar-refractivity contribution in [3.05, 3.63) is 64.2 Å². The van der Waals surface area contributed by atoms with Crippen molar-refractivity contribution < 1.29 is 14.4 Å². The highest BCUT2D eigenvalue weighted by atomic mass is 16.2. The highest BCUT2D eigenvalue weighted by molar-refractivity contribution is 6.35. The molecule has 160 valence electrons. The van der Waals surface area contributed by atoms with Gasteiger partial charge in [-0.1, -0.05) is 25.0 Å². The number of nitrogens with zero attached hydrogens (tertiary/aromatic N) is 2. The van der Waals surface area contributed by atoms with E-state index in [-0.39, 0.29) is 17.7 Å². The SMILES string of the molecule is Cc1ccc(C)c(N2C(=O)c3ccc(C(=O)N4CCCC5CCCCC54)cc3C2=O)c1. The van der Waals surface area contributed by atoms with Crippen molar-refractivity contribution in [3.63, 3.8) is 0 Å². The fraction of sp³-hybridized carbons (Fsp3) is 0.423. The average Bonchev–Trinajstić information content (AvgIpc) is 3.04. The number of benzene rings is 2. The Bertz CT molecular complexity index is 1090. The van der Waals surface area contributed by atoms with E-state index in [0.717, 1.165) is 30.5 Å². The number of fused-ring (bicyclic) bond motifs is 2. The van der Waals surface area contributed by atoms with Crippen LogP contribution in [-0.2, 0) is 0 Å². The van der Waals surface area contributed by atoms with Crippen molar-refractivity contribution >= 4 is 23.4 Å². The number of rotatable bonds is 2. The molecule has 2 aromatic rings. The predicted molar refractivity (Wildman–Crippen MR) is 120 cm³/mol. The van der Waals surface area contributed by atoms with Gasteiger partial charge in [-0.05, 0) is 80.8 Å². The summed E-state index contributed by atoms with van der Waals surface area (Å²) in [5, 5.41) is 0. The molecule has 2 aromatic carbocycles. The first-order valence-electron chi connectivity index (χ1n) is 11.4. The molecule has 1 saturated carbocycles. The zero-order chi connectivity index (χ0) is 21.7. The zero-order valence-electron chi connectivity index (χ0n) is 18.2. The minimum atomic E-state index is -0.350. The maximum Gasteiger partial charge on any atom is 0.266 e. The van der Waals surface area contributed by atoms with Crippen LogP contribution in [0.25, 0.3) is 0 Å². The van der Waals surface area contributed by atoms with Gasteiger partial charge in [0.25, 0.3) is 17.7 Å². The van der Waals surface area contributed by atoms with E-state index in [0.29, 0.717) is 34.3 Å². The number of piperidine rings is 1. The van der Waals surface area contributed by atoms with Crippen LogP contribution < -0.4 is 4.90 Å². The first-order chi connectivity index (χ1) is 15.0. The lowest BCUT2D eigenvalue weighted by Crippen LogP contribution is -2.49. The van der Waals surface area contributed by atoms with Gasteiger partial charge in [-0.2, -0.15) is 0 Å². The van der Waals surface area contributed by atoms with Gasteiger partial charge in [0, 0.05) is 18.2 Å². The van der Waals surface area contributed by atoms with Crippen LogP contribution in [0.1, 0.15) is 80.7 Å². The maximum absolute atomic E-state index is 13.4. The molecule has 3 amide bonds. The molecule has 5 rings (SSSR count). The van der Waals surface area contributed by atoms with E-state index in [1.54, 1.807) is 18.2 Å². The Hall–Kier alpha value is -2.95. The molecular formula is C26H28N2O3. The molecule has 0 N–H and O–H groups in total. The normalized spacial score (nSPS) is 23.0. The van der Waals surface area contributed by atoms with Crippen molar-refractivity contribution in [2.45, 2.75) is 58.4 Å². The number of amides is 3. The molecule has 0 bridgehead atoms. The summed E-state index contributed by atoms with van der Waals surface area (Å²) in [7, 11) is 0. The summed E-state index contributed by atoms with van der Waals surface area (Å²) in [6.45, 7) is 4.61. The highest BCUT2D eigenvalue weighted by Gasteiger charge is 2.40. The number of likely N-dealkylation sites (tertiary alicyclic amines) is 1. The average molecular weight is 417 g/mol. The van der Waals surface area contributed by atoms with Gasteiger partial charge < -0.3 is 4.90 Å². The third-order valence-electron chi connectivity index (χ3n) is 7.24. The monoisotopic (exact) mass is 416 g/mol. The largest absolute Gasteiger partial charge is 0.335 e. The lowest BCUT2D eigenvalue weighted by atomic mass is 9.78. The van der Waals surface area contributed by atoms with E-state index in [9.17, 15) is 14.4 Å². The molecule has 0 spiro atoms. The second-order valence-corrected chi connectivity index (χ2v) is 9.25. The van der Waals surface area contributed by atoms with Crippen LogP contribution in [0.5, 0.6) is 0 Å². The van der Waals surface area contributed by atoms with Gasteiger partial charge >= 0.3 is 0 Å². The van der Waals surface area contributed by atoms with Gasteiger partial charge in [-0.15, -0.1) is 0 Å². The number of carbonyl (C=O) groups excluding carboxylic acids is 3. The molecule has 2 atom stereocenters. The molecule has 5 heteroatoms. The minimum absolute atomic E-state index is 0.00941. The Labute approximate surface area is 183 Å². The van der Waals surface area contributed by atoms with Crippen LogP contribution in [0.4, 0.5) is 5.69 Å². The van der Waals surface area contributed by atoms with Gasteiger partial charge in [0.1, 0.15) is 0 Å². The summed E-state index contributed by atoms with van der Waals surface area (Å²) in [5.74, 6) is -0.0794. The van der Waals surface area contributed by atoms with Crippen LogP contribution >= 0.6 is 0 Å². The molecule has 0 aromatic heterocycles. The van der Waals surface area contributed by atoms with Crippen LogP contribution in [0.2, 0.25) is 0 Å². The van der Waals surface area contributed by atoms with Crippen molar-refractivity contribution in [3.8, 4) is 0 Å². The molecule has 2 heterocycles. The fourth-order valence-corrected chi connectivity index (χ4v) is 5.60. The summed E-state index contributed by atoms with van der Waals surface area (Å²) in [4.78, 5) is 43.0. The van der Waals surface area contributed by atoms with E-state index < -0.39 is 0 Å². The van der Waals surface area contributed by atoms with Crippen molar-refractivity contribution in [2.24, 2.45) is 5.92 Å². The standard InChI is InChI=1S/C26H28N2O3/c1-16-9-10-17(2)23(14-16)28-25(30)20-12-11-19(15-21(20)26(28)31)24(29)27-13-5-7-18-6-3-4-8-22(18)27/h9-12,14-15,18,22H,3-8,13H2,1-2H3. The molecule has 5 nitrogen and oxygen atoms in total. The number of aryl methyl sites for hydroxylation is 2. The second-order valence-electron chi connectivity index (χ2n) is 9.25. The first-order valence-corrected chi connectivity index (χ1v) is 11.4. The van der Waals surface area contributed by atoms with Crippen LogP contribution in [0.3, 0.4) is 0 Å². The van der Waals surface area contributed by atoms with Crippen molar-refractivity contribution in [2.75, 3.05) is 11.4 Å². The molecule has 2 fully saturated rings. The van der Waals surface area contributed by atoms with Crippen molar-refractivity contribution in [1.82, 2.24) is 4.90 Å². The molecule has 31 heavy (non-hydrogen) atoms. The maximum atomic E-state index is 13.4. The van der Waals surface area contributed by atoms with Crippen LogP contribution in [0.15, 0.2) is 36.4 Å². The third-order valence-corrected chi connectivity index (χ3v) is 7.24. The zero-order valence-corrected chi connectivity index (χ0v) is 18.2. The Balaban J connectivity index is 1.46. The summed E-state index contributed by atoms with van der Waals surface area (Å²) in [6, 6.07) is 11.1. The smallest absolute Gasteiger partial charge is 0.266 e. The van der Waals surface area contributed by atoms with Crippen LogP contribution in [0, 0.1) is 19.8 Å². The van der Waals surface area contributed by atoms with Gasteiger partial charge in [-0.25, -0.2) is 4.90 Å². The third kappa shape index (κ3) is 3.27. The Morgan fingerprint density at radius 2 is 1.61 bits per heavy atom. The fourth-order valence-electron chi connectivity index (χ4n) is 5.60. The second kappa shape index (κ2) is 7.63. The summed E-state index contributed by atoms with van der Waals surface area (Å²) in [6.07, 6.45) is 6.95. The molecule has 1 saturated heterocycles. The molecule has 0 radical (unpaired) electrons. The first kappa shape index (κ1) is 20.0. The summed E-state index contributed by atoms with van der Waals surface area (Å²) >= 11 is 0. The van der Waals surface area contributed by atoms with Gasteiger partial charge in [-0.3, -0.25) is 14.4 Å². The van der Waals surface area contributed by atoms with E-state index in [2.05, 4.69) is 0 Å². The van der Waals surface area contributed by atoms with Crippen LogP contribution in [-0.4, -0.2) is 35.2 Å². The molecule has 3 aliphatic rings. The van der Waals surface area contributed by atoms with E-state index in [4.69, 9.17) is 0 Å². The Morgan fingerprint density at radius 1 is 0.871 bits per heavy atom. The minimum Gasteiger partial charge on any atom is -0.335 e. The molecule has 1 aliphatic carbocycles. The van der Waals surface area contributed by atoms with E-state index in [1.807, 2.05) is 36.9 Å². The van der Waals surface area contributed by atoms with Gasteiger partial charge in [0.05, 0.1) is 16.8 Å². The number of hydrogen-bond donors (Lipinski definition) is 0. The van der Waals surface area contributed by atoms with E-state index in [1.165, 1.54) is 30.6 Å². The number of hydrogen-bond acceptors (Lipinski definition) is 3. The lowest BCUT2D eigenvalue weighted by molar-refractivity contribution is 0.0390. The predicted octanol–water partition coefficient (Wildman–Crippen LogP) is 4.90.